The summed E-state index contributed by atoms with van der Waals surface area (Å²) >= 11 is 0. The molecule has 2 unspecified atom stereocenters. The van der Waals surface area contributed by atoms with E-state index in [-0.39, 0.29) is 5.78 Å². The Kier molecular flexibility index (Phi) is 6.53. The van der Waals surface area contributed by atoms with Crippen LogP contribution in [0.1, 0.15) is 68.3 Å². The third-order valence-corrected chi connectivity index (χ3v) is 5.63. The highest BCUT2D eigenvalue weighted by Gasteiger charge is 2.43. The van der Waals surface area contributed by atoms with Crippen LogP contribution >= 0.6 is 0 Å². The molecule has 2 aliphatic rings. The van der Waals surface area contributed by atoms with Crippen molar-refractivity contribution >= 4 is 17.3 Å². The number of morpholine rings is 1. The lowest BCUT2D eigenvalue weighted by molar-refractivity contribution is -0.0893. The largest absolute Gasteiger partial charge is 0.496 e. The number of benzene rings is 1. The fraction of sp³-hybridized carbons (Fsp3) is 0.636. The van der Waals surface area contributed by atoms with E-state index in [1.165, 1.54) is 6.42 Å². The Morgan fingerprint density at radius 1 is 1.22 bits per heavy atom. The molecular formula is C22H32N2O3. The van der Waals surface area contributed by atoms with Crippen LogP contribution in [-0.4, -0.2) is 48.9 Å². The maximum absolute atomic E-state index is 12.7. The molecule has 2 fully saturated rings. The Morgan fingerprint density at radius 2 is 1.96 bits per heavy atom. The smallest absolute Gasteiger partial charge is 0.166 e. The van der Waals surface area contributed by atoms with Crippen LogP contribution < -0.4 is 4.74 Å². The van der Waals surface area contributed by atoms with Gasteiger partial charge in [0.2, 0.25) is 0 Å². The summed E-state index contributed by atoms with van der Waals surface area (Å²) in [7, 11) is 1.62. The van der Waals surface area contributed by atoms with E-state index in [1.807, 2.05) is 26.0 Å². The van der Waals surface area contributed by atoms with Crippen molar-refractivity contribution in [2.45, 2.75) is 71.4 Å². The molecular weight excluding hydrogens is 340 g/mol. The monoisotopic (exact) mass is 372 g/mol. The first-order valence-corrected chi connectivity index (χ1v) is 10.2. The zero-order valence-electron chi connectivity index (χ0n) is 17.1. The first-order valence-electron chi connectivity index (χ1n) is 10.2. The van der Waals surface area contributed by atoms with Gasteiger partial charge in [-0.05, 0) is 43.9 Å². The topological polar surface area (TPSA) is 51.1 Å². The summed E-state index contributed by atoms with van der Waals surface area (Å²) in [4.78, 5) is 20.2. The number of fused-ring (bicyclic) bond motifs is 2. The second-order valence-electron chi connectivity index (χ2n) is 7.58. The number of carbonyl (C=O) groups is 1. The minimum Gasteiger partial charge on any atom is -0.496 e. The lowest BCUT2D eigenvalue weighted by Crippen LogP contribution is -2.65. The zero-order chi connectivity index (χ0) is 19.4. The molecule has 1 aromatic rings. The Bertz CT molecular complexity index is 700. The summed E-state index contributed by atoms with van der Waals surface area (Å²) in [5.41, 5.74) is 2.48. The lowest BCUT2D eigenvalue weighted by Gasteiger charge is -2.54. The normalized spacial score (nSPS) is 21.8. The SMILES string of the molecule is CCCCC(=Nc1ccc(OC)c(C(=O)CCC)c1C)N1C2COCC1C2. The molecule has 3 rings (SSSR count). The molecule has 2 atom stereocenters. The van der Waals surface area contributed by atoms with Gasteiger partial charge < -0.3 is 14.4 Å². The van der Waals surface area contributed by atoms with Crippen LogP contribution in [0.4, 0.5) is 5.69 Å². The molecule has 0 aliphatic carbocycles. The summed E-state index contributed by atoms with van der Waals surface area (Å²) in [6, 6.07) is 4.78. The van der Waals surface area contributed by atoms with Gasteiger partial charge in [-0.15, -0.1) is 0 Å². The zero-order valence-corrected chi connectivity index (χ0v) is 17.1. The van der Waals surface area contributed by atoms with E-state index in [4.69, 9.17) is 14.5 Å². The summed E-state index contributed by atoms with van der Waals surface area (Å²) in [6.45, 7) is 7.81. The van der Waals surface area contributed by atoms with Crippen LogP contribution in [-0.2, 0) is 4.74 Å². The number of hydrogen-bond acceptors (Lipinski definition) is 4. The number of Topliss-reactive ketones (excluding diaryl/α,β-unsaturated/α-hetero) is 1. The lowest BCUT2D eigenvalue weighted by atomic mass is 9.90. The first-order chi connectivity index (χ1) is 13.1. The van der Waals surface area contributed by atoms with Gasteiger partial charge in [0, 0.05) is 12.8 Å². The molecule has 0 N–H and O–H groups in total. The molecule has 2 heterocycles. The minimum absolute atomic E-state index is 0.133. The van der Waals surface area contributed by atoms with Gasteiger partial charge in [-0.25, -0.2) is 4.99 Å². The van der Waals surface area contributed by atoms with E-state index in [0.29, 0.717) is 29.8 Å². The van der Waals surface area contributed by atoms with E-state index < -0.39 is 0 Å². The second-order valence-corrected chi connectivity index (χ2v) is 7.58. The van der Waals surface area contributed by atoms with Crippen molar-refractivity contribution in [2.75, 3.05) is 20.3 Å². The van der Waals surface area contributed by atoms with Crippen molar-refractivity contribution in [2.24, 2.45) is 4.99 Å². The molecule has 2 bridgehead atoms. The van der Waals surface area contributed by atoms with Crippen LogP contribution in [0, 0.1) is 6.92 Å². The van der Waals surface area contributed by atoms with E-state index in [2.05, 4.69) is 11.8 Å². The van der Waals surface area contributed by atoms with Crippen LogP contribution in [0.3, 0.4) is 0 Å². The highest BCUT2D eigenvalue weighted by atomic mass is 16.5. The summed E-state index contributed by atoms with van der Waals surface area (Å²) in [5.74, 6) is 1.92. The number of amidine groups is 1. The van der Waals surface area contributed by atoms with E-state index in [1.54, 1.807) is 7.11 Å². The number of ketones is 1. The van der Waals surface area contributed by atoms with Crippen molar-refractivity contribution in [3.63, 3.8) is 0 Å². The average Bonchev–Trinajstić information content (AvgIpc) is 2.67. The number of ether oxygens (including phenoxy) is 2. The quantitative estimate of drug-likeness (QED) is 0.378. The Morgan fingerprint density at radius 3 is 2.56 bits per heavy atom. The highest BCUT2D eigenvalue weighted by molar-refractivity contribution is 6.01. The van der Waals surface area contributed by atoms with Crippen molar-refractivity contribution in [3.05, 3.63) is 23.3 Å². The first kappa shape index (κ1) is 19.9. The summed E-state index contributed by atoms with van der Waals surface area (Å²) < 4.78 is 11.1. The number of unbranched alkanes of at least 4 members (excludes halogenated alkanes) is 1. The molecule has 0 spiro atoms. The van der Waals surface area contributed by atoms with Gasteiger partial charge in [0.05, 0.1) is 43.7 Å². The molecule has 2 saturated heterocycles. The molecule has 5 heteroatoms. The highest BCUT2D eigenvalue weighted by Crippen LogP contribution is 2.35. The predicted molar refractivity (Wildman–Crippen MR) is 108 cm³/mol. The van der Waals surface area contributed by atoms with E-state index in [9.17, 15) is 4.79 Å². The molecule has 27 heavy (non-hydrogen) atoms. The number of carbonyl (C=O) groups excluding carboxylic acids is 1. The van der Waals surface area contributed by atoms with Gasteiger partial charge in [0.25, 0.3) is 0 Å². The Labute approximate surface area is 162 Å². The molecule has 1 aromatic carbocycles. The van der Waals surface area contributed by atoms with Gasteiger partial charge in [-0.2, -0.15) is 0 Å². The molecule has 0 aromatic heterocycles. The molecule has 148 valence electrons. The van der Waals surface area contributed by atoms with Crippen LogP contribution in [0.15, 0.2) is 17.1 Å². The molecule has 0 amide bonds. The number of aliphatic imine (C=N–C) groups is 1. The standard InChI is InChI=1S/C22H32N2O3/c1-5-7-9-21(24-16-12-17(24)14-27-13-16)23-18-10-11-20(26-4)22(15(18)3)19(25)8-6-2/h10-11,16-17H,5-9,12-14H2,1-4H3. The number of nitrogens with zero attached hydrogens (tertiary/aromatic N) is 2. The fourth-order valence-corrected chi connectivity index (χ4v) is 4.14. The minimum atomic E-state index is 0.133. The number of rotatable bonds is 8. The van der Waals surface area contributed by atoms with Crippen LogP contribution in [0.25, 0.3) is 0 Å². The summed E-state index contributed by atoms with van der Waals surface area (Å²) in [5, 5.41) is 0. The van der Waals surface area contributed by atoms with Crippen molar-refractivity contribution in [3.8, 4) is 5.75 Å². The Balaban J connectivity index is 1.96. The molecule has 0 saturated carbocycles. The van der Waals surface area contributed by atoms with Gasteiger partial charge in [0.1, 0.15) is 11.6 Å². The van der Waals surface area contributed by atoms with Crippen molar-refractivity contribution < 1.29 is 14.3 Å². The molecule has 2 aliphatic heterocycles. The third kappa shape index (κ3) is 4.03. The van der Waals surface area contributed by atoms with Crippen LogP contribution in [0.2, 0.25) is 0 Å². The second kappa shape index (κ2) is 8.87. The maximum Gasteiger partial charge on any atom is 0.166 e. The average molecular weight is 373 g/mol. The van der Waals surface area contributed by atoms with Gasteiger partial charge in [-0.1, -0.05) is 20.3 Å². The van der Waals surface area contributed by atoms with Gasteiger partial charge >= 0.3 is 0 Å². The predicted octanol–water partition coefficient (Wildman–Crippen LogP) is 4.68. The van der Waals surface area contributed by atoms with Crippen molar-refractivity contribution in [1.29, 1.82) is 0 Å². The summed E-state index contributed by atoms with van der Waals surface area (Å²) in [6.07, 6.45) is 5.78. The number of methoxy groups -OCH3 is 1. The Hall–Kier alpha value is -1.88. The van der Waals surface area contributed by atoms with Crippen LogP contribution in [0.5, 0.6) is 5.75 Å². The third-order valence-electron chi connectivity index (χ3n) is 5.63. The maximum atomic E-state index is 12.7. The fourth-order valence-electron chi connectivity index (χ4n) is 4.14. The number of hydrogen-bond donors (Lipinski definition) is 0. The molecule has 0 radical (unpaired) electrons. The van der Waals surface area contributed by atoms with Gasteiger partial charge in [-0.3, -0.25) is 4.79 Å². The van der Waals surface area contributed by atoms with E-state index in [0.717, 1.165) is 56.0 Å². The van der Waals surface area contributed by atoms with Gasteiger partial charge in [0.15, 0.2) is 5.78 Å². The molecule has 5 nitrogen and oxygen atoms in total. The van der Waals surface area contributed by atoms with E-state index >= 15 is 0 Å². The van der Waals surface area contributed by atoms with Crippen molar-refractivity contribution in [1.82, 2.24) is 4.90 Å².